The van der Waals surface area contributed by atoms with Crippen LogP contribution in [0, 0.1) is 0 Å². The van der Waals surface area contributed by atoms with Crippen molar-refractivity contribution in [1.29, 1.82) is 0 Å². The minimum Gasteiger partial charge on any atom is -0.464 e. The molecule has 0 saturated heterocycles. The van der Waals surface area contributed by atoms with Crippen molar-refractivity contribution in [3.05, 3.63) is 28.6 Å². The van der Waals surface area contributed by atoms with Crippen LogP contribution in [0.15, 0.2) is 27.3 Å². The van der Waals surface area contributed by atoms with Gasteiger partial charge in [-0.1, -0.05) is 13.0 Å². The first-order valence-corrected chi connectivity index (χ1v) is 4.74. The average Bonchev–Trinajstić information content (AvgIpc) is 2.46. The molecule has 1 heterocycles. The van der Waals surface area contributed by atoms with Gasteiger partial charge in [0.1, 0.15) is 5.76 Å². The fourth-order valence-corrected chi connectivity index (χ4v) is 1.15. The predicted molar refractivity (Wildman–Crippen MR) is 54.0 cm³/mol. The van der Waals surface area contributed by atoms with E-state index in [1.165, 1.54) is 0 Å². The van der Waals surface area contributed by atoms with E-state index in [9.17, 15) is 0 Å². The van der Waals surface area contributed by atoms with E-state index in [0.717, 1.165) is 23.3 Å². The van der Waals surface area contributed by atoms with Crippen molar-refractivity contribution in [3.8, 4) is 0 Å². The Kier molecular flexibility index (Phi) is 4.11. The Morgan fingerprint density at radius 2 is 2.50 bits per heavy atom. The number of hydrogen-bond donors (Lipinski definition) is 1. The molecule has 1 aromatic rings. The normalized spacial score (nSPS) is 11.2. The lowest BCUT2D eigenvalue weighted by molar-refractivity contribution is 0.555. The van der Waals surface area contributed by atoms with Crippen molar-refractivity contribution in [2.75, 3.05) is 13.1 Å². The SMILES string of the molecule is CCNC/C=C/c1occc1Br. The number of rotatable bonds is 4. The molecule has 0 radical (unpaired) electrons. The summed E-state index contributed by atoms with van der Waals surface area (Å²) in [6, 6.07) is 1.88. The maximum atomic E-state index is 5.18. The zero-order chi connectivity index (χ0) is 8.81. The van der Waals surface area contributed by atoms with Gasteiger partial charge in [-0.15, -0.1) is 0 Å². The van der Waals surface area contributed by atoms with Crippen molar-refractivity contribution in [2.24, 2.45) is 0 Å². The van der Waals surface area contributed by atoms with Gasteiger partial charge in [-0.25, -0.2) is 0 Å². The van der Waals surface area contributed by atoms with E-state index >= 15 is 0 Å². The summed E-state index contributed by atoms with van der Waals surface area (Å²) in [7, 11) is 0. The summed E-state index contributed by atoms with van der Waals surface area (Å²) in [6.45, 7) is 3.95. The van der Waals surface area contributed by atoms with Crippen molar-refractivity contribution >= 4 is 22.0 Å². The second-order valence-electron chi connectivity index (χ2n) is 2.34. The molecule has 0 aliphatic heterocycles. The smallest absolute Gasteiger partial charge is 0.140 e. The maximum Gasteiger partial charge on any atom is 0.140 e. The van der Waals surface area contributed by atoms with Crippen molar-refractivity contribution in [1.82, 2.24) is 5.32 Å². The van der Waals surface area contributed by atoms with Gasteiger partial charge in [0, 0.05) is 6.54 Å². The molecule has 0 amide bonds. The fourth-order valence-electron chi connectivity index (χ4n) is 0.818. The largest absolute Gasteiger partial charge is 0.464 e. The molecule has 12 heavy (non-hydrogen) atoms. The van der Waals surface area contributed by atoms with Gasteiger partial charge in [0.2, 0.25) is 0 Å². The highest BCUT2D eigenvalue weighted by Gasteiger charge is 1.96. The standard InChI is InChI=1S/C9H12BrNO/c1-2-11-6-3-4-9-8(10)5-7-12-9/h3-5,7,11H,2,6H2,1H3/b4-3+. The zero-order valence-electron chi connectivity index (χ0n) is 7.01. The van der Waals surface area contributed by atoms with Gasteiger partial charge < -0.3 is 9.73 Å². The van der Waals surface area contributed by atoms with Gasteiger partial charge in [-0.05, 0) is 34.6 Å². The highest BCUT2D eigenvalue weighted by Crippen LogP contribution is 2.18. The van der Waals surface area contributed by atoms with Crippen molar-refractivity contribution in [3.63, 3.8) is 0 Å². The lowest BCUT2D eigenvalue weighted by Gasteiger charge is -1.92. The molecule has 0 saturated carbocycles. The highest BCUT2D eigenvalue weighted by atomic mass is 79.9. The maximum absolute atomic E-state index is 5.18. The molecule has 0 fully saturated rings. The Morgan fingerprint density at radius 1 is 1.67 bits per heavy atom. The van der Waals surface area contributed by atoms with Crippen LogP contribution in [-0.2, 0) is 0 Å². The predicted octanol–water partition coefficient (Wildman–Crippen LogP) is 2.66. The molecular formula is C9H12BrNO. The van der Waals surface area contributed by atoms with E-state index in [2.05, 4.69) is 28.2 Å². The molecule has 0 aliphatic rings. The Labute approximate surface area is 80.8 Å². The molecule has 0 atom stereocenters. The number of furan rings is 1. The number of likely N-dealkylation sites (N-methyl/N-ethyl adjacent to an activating group) is 1. The molecule has 0 unspecified atom stereocenters. The van der Waals surface area contributed by atoms with E-state index in [4.69, 9.17) is 4.42 Å². The van der Waals surface area contributed by atoms with Gasteiger partial charge in [0.15, 0.2) is 0 Å². The average molecular weight is 230 g/mol. The molecule has 3 heteroatoms. The first-order chi connectivity index (χ1) is 5.84. The van der Waals surface area contributed by atoms with Gasteiger partial charge in [-0.2, -0.15) is 0 Å². The molecular weight excluding hydrogens is 218 g/mol. The summed E-state index contributed by atoms with van der Waals surface area (Å²) < 4.78 is 6.18. The molecule has 66 valence electrons. The second kappa shape index (κ2) is 5.17. The van der Waals surface area contributed by atoms with Crippen LogP contribution < -0.4 is 5.32 Å². The van der Waals surface area contributed by atoms with E-state index in [0.29, 0.717) is 0 Å². The van der Waals surface area contributed by atoms with Gasteiger partial charge in [0.25, 0.3) is 0 Å². The Balaban J connectivity index is 2.41. The molecule has 0 aromatic carbocycles. The quantitative estimate of drug-likeness (QED) is 0.804. The molecule has 0 bridgehead atoms. The Morgan fingerprint density at radius 3 is 3.08 bits per heavy atom. The van der Waals surface area contributed by atoms with E-state index in [-0.39, 0.29) is 0 Å². The highest BCUT2D eigenvalue weighted by molar-refractivity contribution is 9.10. The molecule has 0 aliphatic carbocycles. The van der Waals surface area contributed by atoms with E-state index in [1.807, 2.05) is 18.2 Å². The van der Waals surface area contributed by atoms with E-state index in [1.54, 1.807) is 6.26 Å². The summed E-state index contributed by atoms with van der Waals surface area (Å²) in [5, 5.41) is 3.19. The van der Waals surface area contributed by atoms with Gasteiger partial charge in [0.05, 0.1) is 10.7 Å². The molecule has 1 rings (SSSR count). The van der Waals surface area contributed by atoms with E-state index < -0.39 is 0 Å². The van der Waals surface area contributed by atoms with Crippen molar-refractivity contribution in [2.45, 2.75) is 6.92 Å². The number of hydrogen-bond acceptors (Lipinski definition) is 2. The van der Waals surface area contributed by atoms with Crippen LogP contribution in [0.3, 0.4) is 0 Å². The zero-order valence-corrected chi connectivity index (χ0v) is 8.60. The van der Waals surface area contributed by atoms with Crippen LogP contribution >= 0.6 is 15.9 Å². The minimum atomic E-state index is 0.868. The summed E-state index contributed by atoms with van der Waals surface area (Å²) >= 11 is 3.37. The van der Waals surface area contributed by atoms with Gasteiger partial charge in [-0.3, -0.25) is 0 Å². The lowest BCUT2D eigenvalue weighted by atomic mass is 10.4. The second-order valence-corrected chi connectivity index (χ2v) is 3.20. The Bertz CT molecular complexity index is 255. The molecule has 0 spiro atoms. The lowest BCUT2D eigenvalue weighted by Crippen LogP contribution is -2.11. The van der Waals surface area contributed by atoms with Gasteiger partial charge >= 0.3 is 0 Å². The number of nitrogens with one attached hydrogen (secondary N) is 1. The van der Waals surface area contributed by atoms with Crippen LogP contribution in [0.4, 0.5) is 0 Å². The molecule has 2 nitrogen and oxygen atoms in total. The third kappa shape index (κ3) is 2.83. The Hall–Kier alpha value is -0.540. The molecule has 1 aromatic heterocycles. The first kappa shape index (κ1) is 9.55. The van der Waals surface area contributed by atoms with Crippen LogP contribution in [0.2, 0.25) is 0 Å². The number of halogens is 1. The van der Waals surface area contributed by atoms with Crippen molar-refractivity contribution < 1.29 is 4.42 Å². The molecule has 1 N–H and O–H groups in total. The summed E-state index contributed by atoms with van der Waals surface area (Å²) in [4.78, 5) is 0. The van der Waals surface area contributed by atoms with Crippen LogP contribution in [0.5, 0.6) is 0 Å². The third-order valence-corrected chi connectivity index (χ3v) is 2.08. The summed E-state index contributed by atoms with van der Waals surface area (Å²) in [5.74, 6) is 0.868. The fraction of sp³-hybridized carbons (Fsp3) is 0.333. The van der Waals surface area contributed by atoms with Crippen LogP contribution in [-0.4, -0.2) is 13.1 Å². The monoisotopic (exact) mass is 229 g/mol. The van der Waals surface area contributed by atoms with Crippen LogP contribution in [0.25, 0.3) is 6.08 Å². The topological polar surface area (TPSA) is 25.2 Å². The minimum absolute atomic E-state index is 0.868. The van der Waals surface area contributed by atoms with Crippen LogP contribution in [0.1, 0.15) is 12.7 Å². The third-order valence-electron chi connectivity index (χ3n) is 1.43. The summed E-state index contributed by atoms with van der Waals surface area (Å²) in [6.07, 6.45) is 5.65. The first-order valence-electron chi connectivity index (χ1n) is 3.95. The summed E-state index contributed by atoms with van der Waals surface area (Å²) in [5.41, 5.74) is 0.